The van der Waals surface area contributed by atoms with Gasteiger partial charge in [-0.2, -0.15) is 0 Å². The van der Waals surface area contributed by atoms with E-state index in [-0.39, 0.29) is 17.7 Å². The average molecular weight is 301 g/mol. The third-order valence-corrected chi connectivity index (χ3v) is 3.88. The molecule has 2 amide bonds. The van der Waals surface area contributed by atoms with E-state index in [0.29, 0.717) is 12.1 Å². The Morgan fingerprint density at radius 1 is 1.27 bits per heavy atom. The fraction of sp³-hybridized carbons (Fsp3) is 0.412. The van der Waals surface area contributed by atoms with E-state index in [1.807, 2.05) is 18.2 Å². The van der Waals surface area contributed by atoms with E-state index in [9.17, 15) is 9.59 Å². The van der Waals surface area contributed by atoms with Crippen molar-refractivity contribution in [2.75, 3.05) is 19.6 Å². The Balaban J connectivity index is 2.07. The highest BCUT2D eigenvalue weighted by molar-refractivity contribution is 5.97. The van der Waals surface area contributed by atoms with Gasteiger partial charge in [-0.25, -0.2) is 0 Å². The van der Waals surface area contributed by atoms with Crippen molar-refractivity contribution in [3.8, 4) is 0 Å². The Morgan fingerprint density at radius 2 is 1.95 bits per heavy atom. The zero-order valence-corrected chi connectivity index (χ0v) is 12.7. The summed E-state index contributed by atoms with van der Waals surface area (Å²) in [6, 6.07) is 8.47. The van der Waals surface area contributed by atoms with Crippen LogP contribution in [-0.2, 0) is 4.79 Å². The van der Waals surface area contributed by atoms with Gasteiger partial charge in [-0.05, 0) is 44.0 Å². The molecule has 0 bridgehead atoms. The molecule has 0 aromatic heterocycles. The van der Waals surface area contributed by atoms with E-state index in [1.54, 1.807) is 18.2 Å². The predicted octanol–water partition coefficient (Wildman–Crippen LogP) is 1.09. The van der Waals surface area contributed by atoms with Gasteiger partial charge in [0.2, 0.25) is 5.91 Å². The van der Waals surface area contributed by atoms with Crippen LogP contribution >= 0.6 is 0 Å². The maximum atomic E-state index is 12.4. The SMILES string of the molecule is C=CCNC(=O)C(NC(=O)c1ccccc1)C1CCNCC1. The molecule has 0 radical (unpaired) electrons. The summed E-state index contributed by atoms with van der Waals surface area (Å²) in [5, 5.41) is 8.97. The molecule has 1 aliphatic heterocycles. The van der Waals surface area contributed by atoms with Gasteiger partial charge in [-0.1, -0.05) is 24.3 Å². The number of amides is 2. The van der Waals surface area contributed by atoms with Gasteiger partial charge in [-0.15, -0.1) is 6.58 Å². The summed E-state index contributed by atoms with van der Waals surface area (Å²) in [7, 11) is 0. The first-order valence-electron chi connectivity index (χ1n) is 7.67. The van der Waals surface area contributed by atoms with Gasteiger partial charge in [0.1, 0.15) is 6.04 Å². The fourth-order valence-corrected chi connectivity index (χ4v) is 2.67. The second kappa shape index (κ2) is 8.34. The summed E-state index contributed by atoms with van der Waals surface area (Å²) >= 11 is 0. The van der Waals surface area contributed by atoms with Crippen molar-refractivity contribution in [2.24, 2.45) is 5.92 Å². The summed E-state index contributed by atoms with van der Waals surface area (Å²) in [5.74, 6) is -0.201. The number of carbonyl (C=O) groups excluding carboxylic acids is 2. The molecule has 1 aromatic rings. The molecular weight excluding hydrogens is 278 g/mol. The van der Waals surface area contributed by atoms with Crippen molar-refractivity contribution in [1.82, 2.24) is 16.0 Å². The molecule has 22 heavy (non-hydrogen) atoms. The summed E-state index contributed by atoms with van der Waals surface area (Å²) in [6.45, 7) is 5.75. The highest BCUT2D eigenvalue weighted by Crippen LogP contribution is 2.17. The molecule has 1 fully saturated rings. The summed E-state index contributed by atoms with van der Waals surface area (Å²) in [6.07, 6.45) is 3.39. The summed E-state index contributed by atoms with van der Waals surface area (Å²) in [5.41, 5.74) is 0.568. The number of benzene rings is 1. The van der Waals surface area contributed by atoms with Gasteiger partial charge in [0.05, 0.1) is 0 Å². The van der Waals surface area contributed by atoms with Gasteiger partial charge >= 0.3 is 0 Å². The van der Waals surface area contributed by atoms with Crippen molar-refractivity contribution in [3.05, 3.63) is 48.6 Å². The standard InChI is InChI=1S/C17H23N3O2/c1-2-10-19-17(22)15(13-8-11-18-12-9-13)20-16(21)14-6-4-3-5-7-14/h2-7,13,15,18H,1,8-12H2,(H,19,22)(H,20,21). The number of hydrogen-bond donors (Lipinski definition) is 3. The van der Waals surface area contributed by atoms with Gasteiger partial charge < -0.3 is 16.0 Å². The molecule has 1 heterocycles. The molecule has 5 heteroatoms. The Bertz CT molecular complexity index is 510. The van der Waals surface area contributed by atoms with E-state index in [1.165, 1.54) is 0 Å². The van der Waals surface area contributed by atoms with E-state index in [2.05, 4.69) is 22.5 Å². The lowest BCUT2D eigenvalue weighted by Gasteiger charge is -2.30. The normalized spacial score (nSPS) is 16.5. The number of piperidine rings is 1. The van der Waals surface area contributed by atoms with Crippen LogP contribution in [0.1, 0.15) is 23.2 Å². The molecular formula is C17H23N3O2. The zero-order valence-electron chi connectivity index (χ0n) is 12.7. The van der Waals surface area contributed by atoms with Crippen LogP contribution in [0.3, 0.4) is 0 Å². The van der Waals surface area contributed by atoms with Crippen LogP contribution in [0.2, 0.25) is 0 Å². The number of hydrogen-bond acceptors (Lipinski definition) is 3. The highest BCUT2D eigenvalue weighted by Gasteiger charge is 2.30. The summed E-state index contributed by atoms with van der Waals surface area (Å²) in [4.78, 5) is 24.7. The zero-order chi connectivity index (χ0) is 15.8. The number of nitrogens with one attached hydrogen (secondary N) is 3. The third-order valence-electron chi connectivity index (χ3n) is 3.88. The van der Waals surface area contributed by atoms with Crippen LogP contribution in [0.15, 0.2) is 43.0 Å². The lowest BCUT2D eigenvalue weighted by atomic mass is 9.89. The van der Waals surface area contributed by atoms with Crippen LogP contribution in [0.5, 0.6) is 0 Å². The maximum absolute atomic E-state index is 12.4. The van der Waals surface area contributed by atoms with Gasteiger partial charge in [0.25, 0.3) is 5.91 Å². The second-order valence-electron chi connectivity index (χ2n) is 5.44. The highest BCUT2D eigenvalue weighted by atomic mass is 16.2. The molecule has 1 unspecified atom stereocenters. The Hall–Kier alpha value is -2.14. The van der Waals surface area contributed by atoms with Crippen LogP contribution in [-0.4, -0.2) is 37.5 Å². The quantitative estimate of drug-likeness (QED) is 0.689. The van der Waals surface area contributed by atoms with Gasteiger partial charge in [-0.3, -0.25) is 9.59 Å². The first-order chi connectivity index (χ1) is 10.7. The Morgan fingerprint density at radius 3 is 2.59 bits per heavy atom. The molecule has 2 rings (SSSR count). The second-order valence-corrected chi connectivity index (χ2v) is 5.44. The molecule has 0 saturated carbocycles. The minimum Gasteiger partial charge on any atom is -0.351 e. The molecule has 1 aliphatic rings. The summed E-state index contributed by atoms with van der Waals surface area (Å²) < 4.78 is 0. The lowest BCUT2D eigenvalue weighted by molar-refractivity contribution is -0.124. The monoisotopic (exact) mass is 301 g/mol. The van der Waals surface area contributed by atoms with Crippen LogP contribution in [0.4, 0.5) is 0 Å². The predicted molar refractivity (Wildman–Crippen MR) is 86.5 cm³/mol. The minimum atomic E-state index is -0.505. The molecule has 1 atom stereocenters. The third kappa shape index (κ3) is 4.43. The molecule has 1 aromatic carbocycles. The number of rotatable bonds is 6. The Labute approximate surface area is 131 Å². The topological polar surface area (TPSA) is 70.2 Å². The lowest BCUT2D eigenvalue weighted by Crippen LogP contribution is -2.53. The maximum Gasteiger partial charge on any atom is 0.251 e. The van der Waals surface area contributed by atoms with Crippen LogP contribution in [0.25, 0.3) is 0 Å². The molecule has 3 N–H and O–H groups in total. The van der Waals surface area contributed by atoms with Gasteiger partial charge in [0, 0.05) is 12.1 Å². The minimum absolute atomic E-state index is 0.143. The first-order valence-corrected chi connectivity index (χ1v) is 7.67. The Kier molecular flexibility index (Phi) is 6.15. The van der Waals surface area contributed by atoms with Crippen molar-refractivity contribution in [1.29, 1.82) is 0 Å². The van der Waals surface area contributed by atoms with Crippen LogP contribution in [0, 0.1) is 5.92 Å². The molecule has 1 saturated heterocycles. The smallest absolute Gasteiger partial charge is 0.251 e. The van der Waals surface area contributed by atoms with Gasteiger partial charge in [0.15, 0.2) is 0 Å². The van der Waals surface area contributed by atoms with Crippen molar-refractivity contribution < 1.29 is 9.59 Å². The van der Waals surface area contributed by atoms with Crippen molar-refractivity contribution in [2.45, 2.75) is 18.9 Å². The molecule has 118 valence electrons. The van der Waals surface area contributed by atoms with Crippen LogP contribution < -0.4 is 16.0 Å². The van der Waals surface area contributed by atoms with E-state index in [0.717, 1.165) is 25.9 Å². The first kappa shape index (κ1) is 16.2. The molecule has 5 nitrogen and oxygen atoms in total. The van der Waals surface area contributed by atoms with Crippen molar-refractivity contribution in [3.63, 3.8) is 0 Å². The largest absolute Gasteiger partial charge is 0.351 e. The number of carbonyl (C=O) groups is 2. The molecule has 0 aliphatic carbocycles. The molecule has 0 spiro atoms. The average Bonchev–Trinajstić information content (AvgIpc) is 2.59. The van der Waals surface area contributed by atoms with E-state index in [4.69, 9.17) is 0 Å². The van der Waals surface area contributed by atoms with E-state index >= 15 is 0 Å². The van der Waals surface area contributed by atoms with E-state index < -0.39 is 6.04 Å². The fourth-order valence-electron chi connectivity index (χ4n) is 2.67. The van der Waals surface area contributed by atoms with Crippen molar-refractivity contribution >= 4 is 11.8 Å².